The molecule has 0 spiro atoms. The molecule has 0 N–H and O–H groups in total. The molecule has 35 heavy (non-hydrogen) atoms. The van der Waals surface area contributed by atoms with Crippen molar-refractivity contribution < 1.29 is 17.9 Å². The molecular formula is C31H33F3O. The van der Waals surface area contributed by atoms with Crippen LogP contribution in [0.1, 0.15) is 63.0 Å². The second-order valence-corrected chi connectivity index (χ2v) is 9.34. The average Bonchev–Trinajstić information content (AvgIpc) is 2.88. The Morgan fingerprint density at radius 3 is 2.23 bits per heavy atom. The molecule has 1 aliphatic rings. The van der Waals surface area contributed by atoms with Crippen molar-refractivity contribution in [1.82, 2.24) is 0 Å². The Labute approximate surface area is 206 Å². The molecule has 1 heterocycles. The van der Waals surface area contributed by atoms with Gasteiger partial charge in [-0.25, -0.2) is 13.2 Å². The molecule has 0 bridgehead atoms. The Bertz CT molecular complexity index is 1160. The third-order valence-electron chi connectivity index (χ3n) is 6.91. The summed E-state index contributed by atoms with van der Waals surface area (Å²) in [6.07, 6.45) is 9.80. The summed E-state index contributed by atoms with van der Waals surface area (Å²) in [6, 6.07) is 15.6. The molecule has 0 aliphatic carbocycles. The first-order chi connectivity index (χ1) is 17.0. The molecule has 1 fully saturated rings. The van der Waals surface area contributed by atoms with E-state index < -0.39 is 11.6 Å². The molecule has 1 aliphatic heterocycles. The van der Waals surface area contributed by atoms with Crippen LogP contribution in [-0.4, -0.2) is 12.7 Å². The van der Waals surface area contributed by atoms with Gasteiger partial charge in [-0.05, 0) is 67.3 Å². The zero-order chi connectivity index (χ0) is 24.8. The van der Waals surface area contributed by atoms with E-state index in [0.717, 1.165) is 37.7 Å². The Morgan fingerprint density at radius 2 is 1.60 bits per heavy atom. The topological polar surface area (TPSA) is 9.23 Å². The molecule has 0 aromatic heterocycles. The van der Waals surface area contributed by atoms with Crippen LogP contribution < -0.4 is 0 Å². The number of rotatable bonds is 8. The lowest BCUT2D eigenvalue weighted by atomic mass is 9.89. The van der Waals surface area contributed by atoms with Gasteiger partial charge in [-0.1, -0.05) is 74.0 Å². The monoisotopic (exact) mass is 478 g/mol. The lowest BCUT2D eigenvalue weighted by Gasteiger charge is -2.29. The number of hydrogen-bond donors (Lipinski definition) is 0. The molecule has 2 atom stereocenters. The highest BCUT2D eigenvalue weighted by molar-refractivity contribution is 5.71. The van der Waals surface area contributed by atoms with Crippen LogP contribution in [0.25, 0.3) is 22.3 Å². The van der Waals surface area contributed by atoms with Crippen LogP contribution in [0.4, 0.5) is 13.2 Å². The van der Waals surface area contributed by atoms with Crippen molar-refractivity contribution in [2.45, 2.75) is 64.4 Å². The van der Waals surface area contributed by atoms with E-state index in [1.807, 2.05) is 19.9 Å². The van der Waals surface area contributed by atoms with Gasteiger partial charge in [0.05, 0.1) is 12.7 Å². The van der Waals surface area contributed by atoms with E-state index in [-0.39, 0.29) is 23.4 Å². The SMILES string of the molecule is C/C=C/CCC1CCC(c2ccc(-c3ccc(-c4ccc(CCC)c(F)c4F)cc3)c(F)c2)CO1. The van der Waals surface area contributed by atoms with E-state index in [0.29, 0.717) is 35.3 Å². The summed E-state index contributed by atoms with van der Waals surface area (Å²) in [7, 11) is 0. The largest absolute Gasteiger partial charge is 0.378 e. The Hall–Kier alpha value is -2.85. The van der Waals surface area contributed by atoms with Gasteiger partial charge in [-0.2, -0.15) is 0 Å². The second-order valence-electron chi connectivity index (χ2n) is 9.34. The van der Waals surface area contributed by atoms with Crippen LogP contribution in [0.15, 0.2) is 66.7 Å². The third kappa shape index (κ3) is 5.87. The van der Waals surface area contributed by atoms with Gasteiger partial charge in [-0.15, -0.1) is 0 Å². The molecule has 0 radical (unpaired) electrons. The molecule has 3 aromatic rings. The molecule has 3 aromatic carbocycles. The van der Waals surface area contributed by atoms with Gasteiger partial charge in [-0.3, -0.25) is 0 Å². The molecular weight excluding hydrogens is 445 g/mol. The summed E-state index contributed by atoms with van der Waals surface area (Å²) in [5, 5.41) is 0. The molecule has 4 rings (SSSR count). The van der Waals surface area contributed by atoms with Gasteiger partial charge < -0.3 is 4.74 Å². The quantitative estimate of drug-likeness (QED) is 0.294. The maximum absolute atomic E-state index is 15.1. The predicted octanol–water partition coefficient (Wildman–Crippen LogP) is 9.01. The molecule has 184 valence electrons. The van der Waals surface area contributed by atoms with Crippen molar-refractivity contribution in [3.05, 3.63) is 95.3 Å². The Morgan fingerprint density at radius 1 is 0.886 bits per heavy atom. The van der Waals surface area contributed by atoms with E-state index in [4.69, 9.17) is 4.74 Å². The predicted molar refractivity (Wildman–Crippen MR) is 137 cm³/mol. The molecule has 0 amide bonds. The molecule has 0 saturated carbocycles. The van der Waals surface area contributed by atoms with Crippen LogP contribution in [-0.2, 0) is 11.2 Å². The minimum absolute atomic E-state index is 0.201. The first kappa shape index (κ1) is 25.2. The number of allylic oxidation sites excluding steroid dienone is 2. The summed E-state index contributed by atoms with van der Waals surface area (Å²) in [4.78, 5) is 0. The van der Waals surface area contributed by atoms with E-state index in [1.165, 1.54) is 0 Å². The zero-order valence-corrected chi connectivity index (χ0v) is 20.5. The second kappa shape index (κ2) is 11.7. The summed E-state index contributed by atoms with van der Waals surface area (Å²) in [5.74, 6) is -1.71. The van der Waals surface area contributed by atoms with Gasteiger partial charge in [0.25, 0.3) is 0 Å². The normalized spacial score (nSPS) is 18.3. The van der Waals surface area contributed by atoms with Crippen LogP contribution in [0.3, 0.4) is 0 Å². The number of aryl methyl sites for hydroxylation is 1. The van der Waals surface area contributed by atoms with E-state index in [1.54, 1.807) is 48.5 Å². The maximum Gasteiger partial charge on any atom is 0.166 e. The summed E-state index contributed by atoms with van der Waals surface area (Å²) < 4.78 is 50.1. The van der Waals surface area contributed by atoms with Crippen LogP contribution in [0.5, 0.6) is 0 Å². The van der Waals surface area contributed by atoms with Crippen molar-refractivity contribution in [3.63, 3.8) is 0 Å². The third-order valence-corrected chi connectivity index (χ3v) is 6.91. The average molecular weight is 479 g/mol. The summed E-state index contributed by atoms with van der Waals surface area (Å²) in [5.41, 5.74) is 3.32. The lowest BCUT2D eigenvalue weighted by Crippen LogP contribution is -2.24. The van der Waals surface area contributed by atoms with Gasteiger partial charge >= 0.3 is 0 Å². The van der Waals surface area contributed by atoms with Crippen molar-refractivity contribution in [3.8, 4) is 22.3 Å². The number of ether oxygens (including phenoxy) is 1. The van der Waals surface area contributed by atoms with Crippen LogP contribution in [0, 0.1) is 17.5 Å². The van der Waals surface area contributed by atoms with Gasteiger partial charge in [0, 0.05) is 17.0 Å². The van der Waals surface area contributed by atoms with Crippen LogP contribution >= 0.6 is 0 Å². The smallest absolute Gasteiger partial charge is 0.166 e. The molecule has 1 saturated heterocycles. The first-order valence-corrected chi connectivity index (χ1v) is 12.6. The number of benzene rings is 3. The maximum atomic E-state index is 15.1. The first-order valence-electron chi connectivity index (χ1n) is 12.6. The summed E-state index contributed by atoms with van der Waals surface area (Å²) >= 11 is 0. The van der Waals surface area contributed by atoms with Crippen LogP contribution in [0.2, 0.25) is 0 Å². The Kier molecular flexibility index (Phi) is 8.46. The number of hydrogen-bond acceptors (Lipinski definition) is 1. The standard InChI is InChI=1S/C31H33F3O/c1-3-5-6-8-26-16-13-25(20-35-26)24-15-17-27(29(32)19-24)21-9-11-22(12-10-21)28-18-14-23(7-4-2)30(33)31(28)34/h3,5,9-12,14-15,17-19,25-26H,4,6-8,13,16,20H2,1-2H3/b5-3+. The Balaban J connectivity index is 1.46. The van der Waals surface area contributed by atoms with Crippen molar-refractivity contribution in [2.75, 3.05) is 6.61 Å². The fourth-order valence-electron chi connectivity index (χ4n) is 4.87. The number of halogens is 3. The highest BCUT2D eigenvalue weighted by Gasteiger charge is 2.23. The molecule has 1 nitrogen and oxygen atoms in total. The minimum atomic E-state index is -0.835. The van der Waals surface area contributed by atoms with Crippen molar-refractivity contribution in [2.24, 2.45) is 0 Å². The summed E-state index contributed by atoms with van der Waals surface area (Å²) in [6.45, 7) is 4.58. The molecule has 4 heteroatoms. The van der Waals surface area contributed by atoms with E-state index in [9.17, 15) is 8.78 Å². The fraction of sp³-hybridized carbons (Fsp3) is 0.355. The van der Waals surface area contributed by atoms with Gasteiger partial charge in [0.15, 0.2) is 11.6 Å². The van der Waals surface area contributed by atoms with E-state index >= 15 is 4.39 Å². The highest BCUT2D eigenvalue weighted by Crippen LogP contribution is 2.34. The molecule has 2 unspecified atom stereocenters. The minimum Gasteiger partial charge on any atom is -0.378 e. The lowest BCUT2D eigenvalue weighted by molar-refractivity contribution is -0.000225. The fourth-order valence-corrected chi connectivity index (χ4v) is 4.87. The zero-order valence-electron chi connectivity index (χ0n) is 20.5. The van der Waals surface area contributed by atoms with E-state index in [2.05, 4.69) is 12.2 Å². The van der Waals surface area contributed by atoms with Gasteiger partial charge in [0.2, 0.25) is 0 Å². The van der Waals surface area contributed by atoms with Crippen molar-refractivity contribution in [1.29, 1.82) is 0 Å². The van der Waals surface area contributed by atoms with Crippen molar-refractivity contribution >= 4 is 0 Å². The highest BCUT2D eigenvalue weighted by atomic mass is 19.2. The van der Waals surface area contributed by atoms with Gasteiger partial charge in [0.1, 0.15) is 5.82 Å².